The highest BCUT2D eigenvalue weighted by Crippen LogP contribution is 2.26. The first-order valence-corrected chi connectivity index (χ1v) is 4.22. The van der Waals surface area contributed by atoms with E-state index in [4.69, 9.17) is 11.6 Å². The Morgan fingerprint density at radius 1 is 1.55 bits per heavy atom. The van der Waals surface area contributed by atoms with Crippen LogP contribution in [0.4, 0.5) is 0 Å². The highest BCUT2D eigenvalue weighted by Gasteiger charge is 2.01. The smallest absolute Gasteiger partial charge is 0.0992 e. The molecule has 0 amide bonds. The van der Waals surface area contributed by atoms with Gasteiger partial charge in [0.15, 0.2) is 0 Å². The van der Waals surface area contributed by atoms with Gasteiger partial charge in [-0.2, -0.15) is 0 Å². The van der Waals surface area contributed by atoms with Crippen LogP contribution < -0.4 is 0 Å². The van der Waals surface area contributed by atoms with Gasteiger partial charge in [0.05, 0.1) is 27.5 Å². The first-order valence-electron chi connectivity index (χ1n) is 3.05. The number of aromatic nitrogens is 2. The van der Waals surface area contributed by atoms with Crippen LogP contribution in [0.5, 0.6) is 0 Å². The van der Waals surface area contributed by atoms with E-state index in [1.807, 2.05) is 16.7 Å². The summed E-state index contributed by atoms with van der Waals surface area (Å²) in [7, 11) is 0. The molecule has 0 saturated heterocycles. The van der Waals surface area contributed by atoms with Gasteiger partial charge in [-0.05, 0) is 22.0 Å². The van der Waals surface area contributed by atoms with Crippen LogP contribution in [0.2, 0.25) is 5.02 Å². The van der Waals surface area contributed by atoms with Gasteiger partial charge >= 0.3 is 0 Å². The molecular weight excluding hydrogens is 227 g/mol. The molecule has 0 N–H and O–H groups in total. The molecular formula is C7H4BrClN2. The molecule has 0 spiro atoms. The van der Waals surface area contributed by atoms with E-state index in [9.17, 15) is 0 Å². The molecule has 0 radical (unpaired) electrons. The van der Waals surface area contributed by atoms with Crippen LogP contribution >= 0.6 is 27.5 Å². The van der Waals surface area contributed by atoms with Gasteiger partial charge in [-0.3, -0.25) is 0 Å². The number of halogens is 2. The normalized spacial score (nSPS) is 10.7. The maximum Gasteiger partial charge on any atom is 0.0992 e. The Morgan fingerprint density at radius 2 is 2.36 bits per heavy atom. The molecule has 0 aromatic carbocycles. The average molecular weight is 231 g/mol. The number of rotatable bonds is 0. The molecule has 11 heavy (non-hydrogen) atoms. The second-order valence-electron chi connectivity index (χ2n) is 2.16. The van der Waals surface area contributed by atoms with Gasteiger partial charge in [0, 0.05) is 6.20 Å². The number of pyridine rings is 1. The minimum atomic E-state index is 0.706. The summed E-state index contributed by atoms with van der Waals surface area (Å²) in [6.45, 7) is 0. The number of imidazole rings is 1. The molecule has 2 nitrogen and oxygen atoms in total. The molecule has 0 fully saturated rings. The van der Waals surface area contributed by atoms with Gasteiger partial charge in [-0.15, -0.1) is 0 Å². The summed E-state index contributed by atoms with van der Waals surface area (Å²) in [5, 5.41) is 0.706. The first kappa shape index (κ1) is 7.13. The molecule has 2 heterocycles. The number of nitrogens with zero attached hydrogens (tertiary/aromatic N) is 2. The summed E-state index contributed by atoms with van der Waals surface area (Å²) in [4.78, 5) is 3.98. The maximum atomic E-state index is 5.86. The van der Waals surface area contributed by atoms with Gasteiger partial charge in [0.2, 0.25) is 0 Å². The lowest BCUT2D eigenvalue weighted by Crippen LogP contribution is -1.81. The van der Waals surface area contributed by atoms with Crippen molar-refractivity contribution in [2.24, 2.45) is 0 Å². The third-order valence-corrected chi connectivity index (χ3v) is 2.86. The Labute approximate surface area is 76.9 Å². The zero-order valence-corrected chi connectivity index (χ0v) is 7.80. The summed E-state index contributed by atoms with van der Waals surface area (Å²) in [5.41, 5.74) is 0.984. The molecule has 56 valence electrons. The zero-order valence-electron chi connectivity index (χ0n) is 5.46. The third kappa shape index (κ3) is 1.04. The van der Waals surface area contributed by atoms with Crippen molar-refractivity contribution >= 4 is 33.0 Å². The molecule has 0 saturated carbocycles. The molecule has 4 heteroatoms. The molecule has 2 aromatic rings. The first-order chi connectivity index (χ1) is 5.29. The van der Waals surface area contributed by atoms with Gasteiger partial charge in [-0.1, -0.05) is 11.6 Å². The van der Waals surface area contributed by atoms with E-state index in [1.54, 1.807) is 12.5 Å². The van der Waals surface area contributed by atoms with E-state index >= 15 is 0 Å². The highest BCUT2D eigenvalue weighted by molar-refractivity contribution is 9.10. The molecule has 0 atom stereocenters. The standard InChI is InChI=1S/C7H4BrClN2/c8-7-5(9)1-2-11-4-10-3-6(7)11/h1-4H. The maximum absolute atomic E-state index is 5.86. The molecule has 0 aliphatic rings. The minimum absolute atomic E-state index is 0.706. The Kier molecular flexibility index (Phi) is 1.62. The molecule has 2 rings (SSSR count). The molecule has 0 aliphatic heterocycles. The van der Waals surface area contributed by atoms with Crippen molar-refractivity contribution in [1.29, 1.82) is 0 Å². The fourth-order valence-electron chi connectivity index (χ4n) is 0.935. The van der Waals surface area contributed by atoms with Crippen LogP contribution in [0.1, 0.15) is 0 Å². The summed E-state index contributed by atoms with van der Waals surface area (Å²) < 4.78 is 2.79. The molecule has 2 aromatic heterocycles. The molecule has 0 aliphatic carbocycles. The SMILES string of the molecule is Clc1ccn2cncc2c1Br. The van der Waals surface area contributed by atoms with Gasteiger partial charge in [0.25, 0.3) is 0 Å². The number of hydrogen-bond donors (Lipinski definition) is 0. The topological polar surface area (TPSA) is 17.3 Å². The lowest BCUT2D eigenvalue weighted by atomic mass is 10.4. The minimum Gasteiger partial charge on any atom is -0.305 e. The average Bonchev–Trinajstić information content (AvgIpc) is 2.45. The van der Waals surface area contributed by atoms with Crippen LogP contribution in [-0.2, 0) is 0 Å². The summed E-state index contributed by atoms with van der Waals surface area (Å²) in [5.74, 6) is 0. The van der Waals surface area contributed by atoms with Crippen molar-refractivity contribution in [3.63, 3.8) is 0 Å². The summed E-state index contributed by atoms with van der Waals surface area (Å²) in [6, 6.07) is 1.82. The zero-order chi connectivity index (χ0) is 7.84. The molecule has 0 bridgehead atoms. The Bertz CT molecular complexity index is 396. The molecule has 0 unspecified atom stereocenters. The van der Waals surface area contributed by atoms with Crippen LogP contribution in [0.25, 0.3) is 5.52 Å². The van der Waals surface area contributed by atoms with Crippen molar-refractivity contribution in [3.05, 3.63) is 34.3 Å². The van der Waals surface area contributed by atoms with Crippen molar-refractivity contribution in [1.82, 2.24) is 9.38 Å². The largest absolute Gasteiger partial charge is 0.305 e. The number of fused-ring (bicyclic) bond motifs is 1. The lowest BCUT2D eigenvalue weighted by molar-refractivity contribution is 1.15. The van der Waals surface area contributed by atoms with Gasteiger partial charge < -0.3 is 4.40 Å². The van der Waals surface area contributed by atoms with E-state index in [0.29, 0.717) is 5.02 Å². The Morgan fingerprint density at radius 3 is 3.18 bits per heavy atom. The van der Waals surface area contributed by atoms with Gasteiger partial charge in [0.1, 0.15) is 0 Å². The van der Waals surface area contributed by atoms with E-state index in [1.165, 1.54) is 0 Å². The van der Waals surface area contributed by atoms with Crippen molar-refractivity contribution in [3.8, 4) is 0 Å². The van der Waals surface area contributed by atoms with Crippen LogP contribution in [0.3, 0.4) is 0 Å². The number of hydrogen-bond acceptors (Lipinski definition) is 1. The van der Waals surface area contributed by atoms with Crippen molar-refractivity contribution in [2.45, 2.75) is 0 Å². The van der Waals surface area contributed by atoms with Crippen molar-refractivity contribution in [2.75, 3.05) is 0 Å². The van der Waals surface area contributed by atoms with E-state index in [2.05, 4.69) is 20.9 Å². The Hall–Kier alpha value is -0.540. The predicted molar refractivity (Wildman–Crippen MR) is 47.9 cm³/mol. The van der Waals surface area contributed by atoms with E-state index in [-0.39, 0.29) is 0 Å². The van der Waals surface area contributed by atoms with Gasteiger partial charge in [-0.25, -0.2) is 4.98 Å². The second-order valence-corrected chi connectivity index (χ2v) is 3.36. The summed E-state index contributed by atoms with van der Waals surface area (Å²) >= 11 is 9.22. The fraction of sp³-hybridized carbons (Fsp3) is 0. The van der Waals surface area contributed by atoms with Crippen LogP contribution in [0.15, 0.2) is 29.3 Å². The third-order valence-electron chi connectivity index (χ3n) is 1.48. The predicted octanol–water partition coefficient (Wildman–Crippen LogP) is 2.75. The fourth-order valence-corrected chi connectivity index (χ4v) is 1.53. The second kappa shape index (κ2) is 2.50. The summed E-state index contributed by atoms with van der Waals surface area (Å²) in [6.07, 6.45) is 5.36. The van der Waals surface area contributed by atoms with Crippen LogP contribution in [0, 0.1) is 0 Å². The van der Waals surface area contributed by atoms with Crippen LogP contribution in [-0.4, -0.2) is 9.38 Å². The van der Waals surface area contributed by atoms with E-state index in [0.717, 1.165) is 9.99 Å². The monoisotopic (exact) mass is 230 g/mol. The lowest BCUT2D eigenvalue weighted by Gasteiger charge is -1.97. The Balaban J connectivity index is 2.93. The van der Waals surface area contributed by atoms with E-state index < -0.39 is 0 Å². The quantitative estimate of drug-likeness (QED) is 0.681. The highest BCUT2D eigenvalue weighted by atomic mass is 79.9. The van der Waals surface area contributed by atoms with Crippen molar-refractivity contribution < 1.29 is 0 Å².